The van der Waals surface area contributed by atoms with Gasteiger partial charge in [0.25, 0.3) is 0 Å². The van der Waals surface area contributed by atoms with E-state index < -0.39 is 10.8 Å². The molecule has 4 atom stereocenters. The predicted molar refractivity (Wildman–Crippen MR) is 148 cm³/mol. The summed E-state index contributed by atoms with van der Waals surface area (Å²) in [5, 5.41) is 9.69. The number of ether oxygens (including phenoxy) is 1. The lowest BCUT2D eigenvalue weighted by atomic mass is 9.91. The largest absolute Gasteiger partial charge is 0.508 e. The van der Waals surface area contributed by atoms with E-state index in [0.29, 0.717) is 58.0 Å². The molecule has 2 fully saturated rings. The van der Waals surface area contributed by atoms with E-state index in [0.717, 1.165) is 17.5 Å². The summed E-state index contributed by atoms with van der Waals surface area (Å²) in [5.41, 5.74) is 12.7. The molecule has 0 aromatic heterocycles. The number of carbonyl (C=O) groups is 2. The second kappa shape index (κ2) is 11.3. The Balaban J connectivity index is 1.40. The molecule has 0 radical (unpaired) electrons. The average molecular weight is 523 g/mol. The van der Waals surface area contributed by atoms with Gasteiger partial charge in [-0.05, 0) is 93.9 Å². The normalized spacial score (nSPS) is 25.5. The molecule has 0 aliphatic heterocycles. The van der Waals surface area contributed by atoms with E-state index in [2.05, 4.69) is 0 Å². The third-order valence-electron chi connectivity index (χ3n) is 8.64. The number of aromatic hydroxyl groups is 1. The summed E-state index contributed by atoms with van der Waals surface area (Å²) in [6.45, 7) is 9.64. The standard InChI is InChI=1S/C30H42N4O4/c1-4-33(5-2)27(36)29(17-23(29)19-31)22-9-13-26(14-10-22)38-16-15-34(6-3)28(37)30(18-24(30)20-32)21-7-11-25(35)12-8-21/h7-14,23-24,35H,4-6,15-20,31-32H2,1-3H3/t23-,24?,29+,30?/m0/s1. The summed E-state index contributed by atoms with van der Waals surface area (Å²) in [7, 11) is 0. The number of nitrogens with two attached hydrogens (primary N) is 2. The monoisotopic (exact) mass is 522 g/mol. The number of hydrogen-bond donors (Lipinski definition) is 3. The van der Waals surface area contributed by atoms with Crippen LogP contribution in [0.25, 0.3) is 0 Å². The van der Waals surface area contributed by atoms with Crippen LogP contribution in [0.3, 0.4) is 0 Å². The number of hydrogen-bond acceptors (Lipinski definition) is 6. The molecule has 0 saturated heterocycles. The summed E-state index contributed by atoms with van der Waals surface area (Å²) < 4.78 is 6.02. The smallest absolute Gasteiger partial charge is 0.233 e. The van der Waals surface area contributed by atoms with Crippen molar-refractivity contribution in [3.8, 4) is 11.5 Å². The molecular weight excluding hydrogens is 480 g/mol. The van der Waals surface area contributed by atoms with Crippen LogP contribution in [-0.2, 0) is 20.4 Å². The Morgan fingerprint density at radius 2 is 1.26 bits per heavy atom. The van der Waals surface area contributed by atoms with Gasteiger partial charge in [0.15, 0.2) is 0 Å². The molecule has 5 N–H and O–H groups in total. The number of phenolic OH excluding ortho intramolecular Hbond substituents is 1. The first kappa shape index (κ1) is 27.9. The Bertz CT molecular complexity index is 1120. The van der Waals surface area contributed by atoms with E-state index >= 15 is 0 Å². The molecule has 0 bridgehead atoms. The van der Waals surface area contributed by atoms with Gasteiger partial charge in [0, 0.05) is 19.6 Å². The molecule has 2 aromatic carbocycles. The maximum Gasteiger partial charge on any atom is 0.233 e. The number of nitrogens with zero attached hydrogens (tertiary/aromatic N) is 2. The molecule has 2 unspecified atom stereocenters. The Morgan fingerprint density at radius 3 is 1.68 bits per heavy atom. The van der Waals surface area contributed by atoms with Crippen LogP contribution >= 0.6 is 0 Å². The molecule has 38 heavy (non-hydrogen) atoms. The van der Waals surface area contributed by atoms with Crippen molar-refractivity contribution in [1.82, 2.24) is 9.80 Å². The van der Waals surface area contributed by atoms with Gasteiger partial charge in [0.2, 0.25) is 11.8 Å². The van der Waals surface area contributed by atoms with E-state index in [4.69, 9.17) is 16.2 Å². The van der Waals surface area contributed by atoms with E-state index in [-0.39, 0.29) is 29.4 Å². The fourth-order valence-corrected chi connectivity index (χ4v) is 6.07. The topological polar surface area (TPSA) is 122 Å². The van der Waals surface area contributed by atoms with Gasteiger partial charge in [0.05, 0.1) is 17.4 Å². The molecule has 2 amide bonds. The zero-order valence-electron chi connectivity index (χ0n) is 22.9. The van der Waals surface area contributed by atoms with Gasteiger partial charge in [-0.2, -0.15) is 0 Å². The second-order valence-electron chi connectivity index (χ2n) is 10.5. The second-order valence-corrected chi connectivity index (χ2v) is 10.5. The van der Waals surface area contributed by atoms with Crippen molar-refractivity contribution >= 4 is 11.8 Å². The molecule has 2 aliphatic carbocycles. The van der Waals surface area contributed by atoms with Crippen LogP contribution in [-0.4, -0.2) is 72.6 Å². The highest BCUT2D eigenvalue weighted by Gasteiger charge is 2.62. The lowest BCUT2D eigenvalue weighted by molar-refractivity contribution is -0.135. The van der Waals surface area contributed by atoms with Crippen molar-refractivity contribution in [1.29, 1.82) is 0 Å². The van der Waals surface area contributed by atoms with Crippen molar-refractivity contribution < 1.29 is 19.4 Å². The van der Waals surface area contributed by atoms with Crippen molar-refractivity contribution in [3.63, 3.8) is 0 Å². The highest BCUT2D eigenvalue weighted by molar-refractivity contribution is 5.93. The van der Waals surface area contributed by atoms with Crippen LogP contribution in [0, 0.1) is 11.8 Å². The first-order valence-corrected chi connectivity index (χ1v) is 13.8. The van der Waals surface area contributed by atoms with Crippen LogP contribution in [0.4, 0.5) is 0 Å². The molecule has 2 aromatic rings. The maximum absolute atomic E-state index is 13.7. The Morgan fingerprint density at radius 1 is 0.816 bits per heavy atom. The quantitative estimate of drug-likeness (QED) is 0.372. The predicted octanol–water partition coefficient (Wildman–Crippen LogP) is 2.62. The van der Waals surface area contributed by atoms with Gasteiger partial charge in [-0.25, -0.2) is 0 Å². The summed E-state index contributed by atoms with van der Waals surface area (Å²) in [6.07, 6.45) is 1.49. The van der Waals surface area contributed by atoms with Crippen LogP contribution in [0.15, 0.2) is 48.5 Å². The number of carbonyl (C=O) groups excluding carboxylic acids is 2. The maximum atomic E-state index is 13.7. The third-order valence-corrected chi connectivity index (χ3v) is 8.64. The highest BCUT2D eigenvalue weighted by atomic mass is 16.5. The van der Waals surface area contributed by atoms with E-state index in [1.807, 2.05) is 67.0 Å². The van der Waals surface area contributed by atoms with Crippen molar-refractivity contribution in [2.45, 2.75) is 44.4 Å². The average Bonchev–Trinajstić information content (AvgIpc) is 3.86. The number of amides is 2. The first-order valence-electron chi connectivity index (χ1n) is 13.8. The first-order chi connectivity index (χ1) is 18.3. The van der Waals surface area contributed by atoms with Gasteiger partial charge in [0.1, 0.15) is 18.1 Å². The minimum absolute atomic E-state index is 0.0542. The number of phenols is 1. The Labute approximate surface area is 225 Å². The van der Waals surface area contributed by atoms with Gasteiger partial charge >= 0.3 is 0 Å². The summed E-state index contributed by atoms with van der Waals surface area (Å²) >= 11 is 0. The van der Waals surface area contributed by atoms with Crippen molar-refractivity contribution in [3.05, 3.63) is 59.7 Å². The minimum Gasteiger partial charge on any atom is -0.508 e. The molecule has 0 heterocycles. The molecule has 0 spiro atoms. The summed E-state index contributed by atoms with van der Waals surface area (Å²) in [5.74, 6) is 1.34. The van der Waals surface area contributed by atoms with Crippen LogP contribution in [0.2, 0.25) is 0 Å². The number of rotatable bonds is 13. The molecule has 4 rings (SSSR count). The van der Waals surface area contributed by atoms with E-state index in [1.54, 1.807) is 12.1 Å². The molecular formula is C30H42N4O4. The summed E-state index contributed by atoms with van der Waals surface area (Å²) in [6, 6.07) is 14.6. The molecule has 8 nitrogen and oxygen atoms in total. The fourth-order valence-electron chi connectivity index (χ4n) is 6.07. The van der Waals surface area contributed by atoms with Crippen molar-refractivity contribution in [2.75, 3.05) is 45.9 Å². The molecule has 206 valence electrons. The number of likely N-dealkylation sites (N-methyl/N-ethyl adjacent to an activating group) is 2. The number of benzene rings is 2. The highest BCUT2D eigenvalue weighted by Crippen LogP contribution is 2.56. The fraction of sp³-hybridized carbons (Fsp3) is 0.533. The molecule has 8 heteroatoms. The van der Waals surface area contributed by atoms with Crippen LogP contribution in [0.5, 0.6) is 11.5 Å². The SMILES string of the molecule is CCN(CCOc1ccc([C@]2(C(=O)N(CC)CC)C[C@H]2CN)cc1)C(=O)C1(c2ccc(O)cc2)CC1CN. The zero-order valence-corrected chi connectivity index (χ0v) is 22.9. The molecule has 2 aliphatic rings. The lowest BCUT2D eigenvalue weighted by Gasteiger charge is -2.28. The Kier molecular flexibility index (Phi) is 8.33. The summed E-state index contributed by atoms with van der Waals surface area (Å²) in [4.78, 5) is 30.7. The molecule has 2 saturated carbocycles. The van der Waals surface area contributed by atoms with Gasteiger partial charge in [-0.3, -0.25) is 9.59 Å². The van der Waals surface area contributed by atoms with Gasteiger partial charge in [-0.1, -0.05) is 24.3 Å². The minimum atomic E-state index is -0.629. The van der Waals surface area contributed by atoms with E-state index in [1.165, 1.54) is 0 Å². The lowest BCUT2D eigenvalue weighted by Crippen LogP contribution is -2.43. The third kappa shape index (κ3) is 4.87. The van der Waals surface area contributed by atoms with Gasteiger partial charge < -0.3 is 31.1 Å². The van der Waals surface area contributed by atoms with Crippen LogP contribution in [0.1, 0.15) is 44.7 Å². The van der Waals surface area contributed by atoms with Crippen LogP contribution < -0.4 is 16.2 Å². The van der Waals surface area contributed by atoms with Gasteiger partial charge in [-0.15, -0.1) is 0 Å². The van der Waals surface area contributed by atoms with E-state index in [9.17, 15) is 14.7 Å². The van der Waals surface area contributed by atoms with Crippen molar-refractivity contribution in [2.24, 2.45) is 23.3 Å². The zero-order chi connectivity index (χ0) is 27.5. The Hall–Kier alpha value is -3.10.